The monoisotopic (exact) mass is 665 g/mol. The largest absolute Gasteiger partial charge is 0.507 e. The van der Waals surface area contributed by atoms with Crippen LogP contribution in [0.2, 0.25) is 0 Å². The van der Waals surface area contributed by atoms with E-state index in [0.29, 0.717) is 11.5 Å². The molecular weight excluding hydrogens is 651 g/mol. The molecule has 2 aromatic carbocycles. The summed E-state index contributed by atoms with van der Waals surface area (Å²) in [6.45, 7) is 1.82. The number of hydrogen-bond donors (Lipinski definition) is 3. The number of carboxylic acids is 1. The molecule has 4 N–H and O–H groups in total. The van der Waals surface area contributed by atoms with Crippen LogP contribution in [-0.2, 0) is 11.2 Å². The van der Waals surface area contributed by atoms with Gasteiger partial charge in [0.2, 0.25) is 0 Å². The molecule has 0 spiro atoms. The average molecular weight is 665 g/mol. The van der Waals surface area contributed by atoms with Crippen molar-refractivity contribution in [3.63, 3.8) is 0 Å². The minimum absolute atomic E-state index is 0.255. The van der Waals surface area contributed by atoms with Crippen LogP contribution in [0, 0.1) is 17.6 Å². The van der Waals surface area contributed by atoms with E-state index in [2.05, 4.69) is 67.8 Å². The fourth-order valence-electron chi connectivity index (χ4n) is 2.05. The lowest BCUT2D eigenvalue weighted by Gasteiger charge is -2.14. The highest BCUT2D eigenvalue weighted by molar-refractivity contribution is 14.1. The maximum absolute atomic E-state index is 10.9. The summed E-state index contributed by atoms with van der Waals surface area (Å²) in [4.78, 5) is 10.9. The Morgan fingerprint density at radius 1 is 1.17 bits per heavy atom. The van der Waals surface area contributed by atoms with Gasteiger partial charge in [-0.1, -0.05) is 0 Å². The van der Waals surface area contributed by atoms with Gasteiger partial charge in [-0.25, -0.2) is 0 Å². The smallest absolute Gasteiger partial charge is 0.320 e. The highest BCUT2D eigenvalue weighted by Gasteiger charge is 2.16. The number of hydrogen-bond acceptors (Lipinski definition) is 4. The number of benzene rings is 2. The van der Waals surface area contributed by atoms with Crippen LogP contribution >= 0.6 is 67.8 Å². The zero-order chi connectivity index (χ0) is 18.0. The summed E-state index contributed by atoms with van der Waals surface area (Å²) in [6, 6.07) is 6.36. The van der Waals surface area contributed by atoms with Gasteiger partial charge in [-0.2, -0.15) is 0 Å². The van der Waals surface area contributed by atoms with Gasteiger partial charge in [0.25, 0.3) is 0 Å². The molecule has 0 aromatic heterocycles. The molecule has 0 aliphatic rings. The number of rotatable bonds is 5. The third kappa shape index (κ3) is 4.85. The lowest BCUT2D eigenvalue weighted by Crippen LogP contribution is -2.32. The predicted molar refractivity (Wildman–Crippen MR) is 117 cm³/mol. The molecule has 0 bridgehead atoms. The van der Waals surface area contributed by atoms with Gasteiger partial charge in [0, 0.05) is 0 Å². The summed E-state index contributed by atoms with van der Waals surface area (Å²) in [5, 5.41) is 18.8. The van der Waals surface area contributed by atoms with Gasteiger partial charge < -0.3 is 20.7 Å². The molecule has 24 heavy (non-hydrogen) atoms. The predicted octanol–water partition coefficient (Wildman–Crippen LogP) is 4.26. The Balaban J connectivity index is 2.30. The first-order valence-electron chi connectivity index (χ1n) is 6.82. The molecule has 0 aliphatic heterocycles. The molecule has 0 fully saturated rings. The van der Waals surface area contributed by atoms with Crippen molar-refractivity contribution in [3.8, 4) is 17.2 Å². The van der Waals surface area contributed by atoms with Crippen molar-refractivity contribution in [2.75, 3.05) is 0 Å². The number of nitrogens with two attached hydrogens (primary N) is 1. The zero-order valence-electron chi connectivity index (χ0n) is 12.5. The molecule has 0 aliphatic carbocycles. The number of carbonyl (C=O) groups is 1. The number of phenols is 1. The lowest BCUT2D eigenvalue weighted by atomic mass is 10.1. The fraction of sp³-hybridized carbons (Fsp3) is 0.188. The number of halogens is 3. The standard InChI is InChI=1S/C16H14I3NO4/c1-7-2-9(6-10(17)14(7)21)24-15-11(18)3-8(4-12(15)19)5-13(20)16(22)23/h2-4,6,13,21H,5,20H2,1H3,(H,22,23). The Morgan fingerprint density at radius 2 is 1.75 bits per heavy atom. The molecule has 2 aromatic rings. The van der Waals surface area contributed by atoms with Crippen molar-refractivity contribution in [1.82, 2.24) is 0 Å². The second-order valence-electron chi connectivity index (χ2n) is 5.21. The van der Waals surface area contributed by atoms with E-state index in [1.54, 1.807) is 12.1 Å². The number of aryl methyl sites for hydroxylation is 1. The van der Waals surface area contributed by atoms with Crippen LogP contribution in [0.1, 0.15) is 11.1 Å². The van der Waals surface area contributed by atoms with Crippen LogP contribution < -0.4 is 10.5 Å². The van der Waals surface area contributed by atoms with Crippen LogP contribution in [0.25, 0.3) is 0 Å². The second kappa shape index (κ2) is 8.36. The van der Waals surface area contributed by atoms with Crippen molar-refractivity contribution in [1.29, 1.82) is 0 Å². The molecule has 8 heteroatoms. The number of aliphatic carboxylic acids is 1. The van der Waals surface area contributed by atoms with Crippen molar-refractivity contribution < 1.29 is 19.7 Å². The van der Waals surface area contributed by atoms with Gasteiger partial charge in [-0.05, 0) is 117 Å². The highest BCUT2D eigenvalue weighted by atomic mass is 127. The van der Waals surface area contributed by atoms with Gasteiger partial charge >= 0.3 is 5.97 Å². The molecular formula is C16H14I3NO4. The van der Waals surface area contributed by atoms with E-state index >= 15 is 0 Å². The Hall–Kier alpha value is -0.340. The van der Waals surface area contributed by atoms with Crippen LogP contribution in [0.3, 0.4) is 0 Å². The van der Waals surface area contributed by atoms with Crippen LogP contribution in [0.5, 0.6) is 17.2 Å². The molecule has 2 rings (SSSR count). The normalized spacial score (nSPS) is 12.0. The number of phenolic OH excluding ortho intramolecular Hbond substituents is 1. The van der Waals surface area contributed by atoms with Gasteiger partial charge in [0.05, 0.1) is 10.7 Å². The van der Waals surface area contributed by atoms with E-state index < -0.39 is 12.0 Å². The molecule has 0 saturated heterocycles. The number of ether oxygens (including phenoxy) is 1. The summed E-state index contributed by atoms with van der Waals surface area (Å²) < 4.78 is 8.44. The minimum atomic E-state index is -1.02. The summed E-state index contributed by atoms with van der Waals surface area (Å²) in [5.74, 6) is 0.574. The number of carboxylic acid groups (broad SMARTS) is 1. The van der Waals surface area contributed by atoms with E-state index in [9.17, 15) is 9.90 Å². The van der Waals surface area contributed by atoms with Gasteiger partial charge in [-0.3, -0.25) is 4.79 Å². The Morgan fingerprint density at radius 3 is 2.25 bits per heavy atom. The molecule has 0 heterocycles. The fourth-order valence-corrected chi connectivity index (χ4v) is 4.90. The van der Waals surface area contributed by atoms with Crippen molar-refractivity contribution in [2.45, 2.75) is 19.4 Å². The third-order valence-electron chi connectivity index (χ3n) is 3.28. The van der Waals surface area contributed by atoms with Crippen LogP contribution in [0.4, 0.5) is 0 Å². The van der Waals surface area contributed by atoms with E-state index in [1.807, 2.05) is 19.1 Å². The van der Waals surface area contributed by atoms with Crippen LogP contribution in [-0.4, -0.2) is 22.2 Å². The van der Waals surface area contributed by atoms with Gasteiger partial charge in [0.15, 0.2) is 5.75 Å². The SMILES string of the molecule is Cc1cc(Oc2c(I)cc(CC(N)C(=O)O)cc2I)cc(I)c1O. The van der Waals surface area contributed by atoms with Crippen molar-refractivity contribution >= 4 is 73.7 Å². The molecule has 0 amide bonds. The lowest BCUT2D eigenvalue weighted by molar-refractivity contribution is -0.138. The summed E-state index contributed by atoms with van der Waals surface area (Å²) >= 11 is 6.37. The first-order chi connectivity index (χ1) is 11.2. The molecule has 0 radical (unpaired) electrons. The van der Waals surface area contributed by atoms with Crippen molar-refractivity contribution in [2.24, 2.45) is 5.73 Å². The molecule has 5 nitrogen and oxygen atoms in total. The summed E-state index contributed by atoms with van der Waals surface area (Å²) in [7, 11) is 0. The third-order valence-corrected chi connectivity index (χ3v) is 5.70. The van der Waals surface area contributed by atoms with Crippen molar-refractivity contribution in [3.05, 3.63) is 46.1 Å². The molecule has 1 unspecified atom stereocenters. The van der Waals surface area contributed by atoms with Gasteiger partial charge in [-0.15, -0.1) is 0 Å². The molecule has 1 atom stereocenters. The minimum Gasteiger partial charge on any atom is -0.507 e. The highest BCUT2D eigenvalue weighted by Crippen LogP contribution is 2.36. The average Bonchev–Trinajstić information content (AvgIpc) is 2.48. The number of aromatic hydroxyl groups is 1. The van der Waals surface area contributed by atoms with Crippen LogP contribution in [0.15, 0.2) is 24.3 Å². The maximum atomic E-state index is 10.9. The first-order valence-corrected chi connectivity index (χ1v) is 10.1. The summed E-state index contributed by atoms with van der Waals surface area (Å²) in [5.41, 5.74) is 7.19. The van der Waals surface area contributed by atoms with E-state index in [-0.39, 0.29) is 12.2 Å². The maximum Gasteiger partial charge on any atom is 0.320 e. The van der Waals surface area contributed by atoms with E-state index in [1.165, 1.54) is 0 Å². The topological polar surface area (TPSA) is 92.8 Å². The van der Waals surface area contributed by atoms with Gasteiger partial charge in [0.1, 0.15) is 17.5 Å². The molecule has 0 saturated carbocycles. The quantitative estimate of drug-likeness (QED) is 0.416. The summed E-state index contributed by atoms with van der Waals surface area (Å²) in [6.07, 6.45) is 0.262. The molecule has 128 valence electrons. The Kier molecular flexibility index (Phi) is 6.96. The van der Waals surface area contributed by atoms with E-state index in [0.717, 1.165) is 21.8 Å². The van der Waals surface area contributed by atoms with E-state index in [4.69, 9.17) is 15.6 Å². The Labute approximate surface area is 180 Å². The zero-order valence-corrected chi connectivity index (χ0v) is 19.0. The second-order valence-corrected chi connectivity index (χ2v) is 8.70. The first kappa shape index (κ1) is 20.0. The Bertz CT molecular complexity index is 749.